The first-order chi connectivity index (χ1) is 8.98. The SMILES string of the molecule is C=C([C@H](C)C[C@H]1CC[C@@H]2OCC[C@]2(CI)O1)[C@@H](C)O. The lowest BCUT2D eigenvalue weighted by Gasteiger charge is -2.42. The first-order valence-electron chi connectivity index (χ1n) is 7.20. The summed E-state index contributed by atoms with van der Waals surface area (Å²) in [4.78, 5) is 0. The number of aliphatic hydroxyl groups excluding tert-OH is 1. The molecule has 0 saturated carbocycles. The molecule has 5 atom stereocenters. The monoisotopic (exact) mass is 380 g/mol. The Bertz CT molecular complexity index is 331. The molecule has 3 nitrogen and oxygen atoms in total. The lowest BCUT2D eigenvalue weighted by molar-refractivity contribution is -0.153. The number of aliphatic hydroxyl groups is 1. The third-order valence-corrected chi connectivity index (χ3v) is 5.89. The standard InChI is InChI=1S/C15H25IO3/c1-10(11(2)12(3)17)8-13-4-5-14-15(9-16,19-13)6-7-18-14/h10,12-14,17H,2,4-9H2,1,3H3/t10-,12-,13-,14+,15-/m1/s1. The third kappa shape index (κ3) is 3.34. The Morgan fingerprint density at radius 1 is 1.47 bits per heavy atom. The largest absolute Gasteiger partial charge is 0.389 e. The summed E-state index contributed by atoms with van der Waals surface area (Å²) in [5.41, 5.74) is 0.854. The van der Waals surface area contributed by atoms with Gasteiger partial charge in [0.1, 0.15) is 5.60 Å². The molecule has 0 unspecified atom stereocenters. The van der Waals surface area contributed by atoms with E-state index in [2.05, 4.69) is 36.1 Å². The Morgan fingerprint density at radius 2 is 2.21 bits per heavy atom. The Morgan fingerprint density at radius 3 is 2.84 bits per heavy atom. The first-order valence-corrected chi connectivity index (χ1v) is 8.73. The first kappa shape index (κ1) is 15.7. The van der Waals surface area contributed by atoms with Gasteiger partial charge in [-0.05, 0) is 37.7 Å². The van der Waals surface area contributed by atoms with Crippen LogP contribution in [0.4, 0.5) is 0 Å². The molecule has 0 aliphatic carbocycles. The molecule has 0 spiro atoms. The molecular weight excluding hydrogens is 355 g/mol. The van der Waals surface area contributed by atoms with Gasteiger partial charge >= 0.3 is 0 Å². The molecule has 19 heavy (non-hydrogen) atoms. The summed E-state index contributed by atoms with van der Waals surface area (Å²) in [7, 11) is 0. The number of rotatable bonds is 5. The summed E-state index contributed by atoms with van der Waals surface area (Å²) >= 11 is 2.42. The highest BCUT2D eigenvalue weighted by Gasteiger charge is 2.48. The van der Waals surface area contributed by atoms with Gasteiger partial charge in [0.2, 0.25) is 0 Å². The summed E-state index contributed by atoms with van der Waals surface area (Å²) in [6.07, 6.45) is 4.26. The highest BCUT2D eigenvalue weighted by Crippen LogP contribution is 2.41. The summed E-state index contributed by atoms with van der Waals surface area (Å²) in [6.45, 7) is 8.74. The van der Waals surface area contributed by atoms with Crippen molar-refractivity contribution in [1.29, 1.82) is 0 Å². The van der Waals surface area contributed by atoms with E-state index in [4.69, 9.17) is 9.47 Å². The molecular formula is C15H25IO3. The third-order valence-electron chi connectivity index (χ3n) is 4.60. The van der Waals surface area contributed by atoms with Crippen LogP contribution in [0.15, 0.2) is 12.2 Å². The minimum absolute atomic E-state index is 0.0602. The fourth-order valence-corrected chi connectivity index (χ4v) is 4.26. The van der Waals surface area contributed by atoms with E-state index in [1.54, 1.807) is 6.92 Å². The number of hydrogen-bond acceptors (Lipinski definition) is 3. The van der Waals surface area contributed by atoms with Crippen LogP contribution >= 0.6 is 22.6 Å². The molecule has 0 aromatic rings. The quantitative estimate of drug-likeness (QED) is 0.453. The van der Waals surface area contributed by atoms with E-state index in [1.807, 2.05) is 0 Å². The lowest BCUT2D eigenvalue weighted by atomic mass is 9.85. The molecule has 2 aliphatic heterocycles. The number of hydrogen-bond donors (Lipinski definition) is 1. The Hall–Kier alpha value is 0.350. The average Bonchev–Trinajstić information content (AvgIpc) is 2.81. The molecule has 1 N–H and O–H groups in total. The van der Waals surface area contributed by atoms with Crippen molar-refractivity contribution in [1.82, 2.24) is 0 Å². The summed E-state index contributed by atoms with van der Waals surface area (Å²) < 4.78 is 13.2. The van der Waals surface area contributed by atoms with Crippen LogP contribution in [0, 0.1) is 5.92 Å². The molecule has 2 heterocycles. The van der Waals surface area contributed by atoms with E-state index >= 15 is 0 Å². The second kappa shape index (κ2) is 6.41. The zero-order valence-electron chi connectivity index (χ0n) is 11.9. The van der Waals surface area contributed by atoms with Gasteiger partial charge in [0.25, 0.3) is 0 Å². The predicted molar refractivity (Wildman–Crippen MR) is 84.7 cm³/mol. The lowest BCUT2D eigenvalue weighted by Crippen LogP contribution is -2.50. The van der Waals surface area contributed by atoms with Crippen LogP contribution in [0.3, 0.4) is 0 Å². The van der Waals surface area contributed by atoms with Crippen LogP contribution in [0.5, 0.6) is 0 Å². The number of alkyl halides is 1. The van der Waals surface area contributed by atoms with Gasteiger partial charge in [-0.25, -0.2) is 0 Å². The van der Waals surface area contributed by atoms with Crippen molar-refractivity contribution in [3.8, 4) is 0 Å². The molecule has 0 amide bonds. The maximum absolute atomic E-state index is 9.61. The van der Waals surface area contributed by atoms with Crippen molar-refractivity contribution in [2.75, 3.05) is 11.0 Å². The minimum Gasteiger partial charge on any atom is -0.389 e. The number of ether oxygens (including phenoxy) is 2. The summed E-state index contributed by atoms with van der Waals surface area (Å²) in [5, 5.41) is 9.61. The summed E-state index contributed by atoms with van der Waals surface area (Å²) in [5.74, 6) is 0.301. The van der Waals surface area contributed by atoms with Gasteiger partial charge in [0.15, 0.2) is 0 Å². The Kier molecular flexibility index (Phi) is 5.31. The molecule has 110 valence electrons. The topological polar surface area (TPSA) is 38.7 Å². The minimum atomic E-state index is -0.431. The fraction of sp³-hybridized carbons (Fsp3) is 0.867. The summed E-state index contributed by atoms with van der Waals surface area (Å²) in [6, 6.07) is 0. The van der Waals surface area contributed by atoms with Gasteiger partial charge in [-0.3, -0.25) is 0 Å². The molecule has 2 rings (SSSR count). The van der Waals surface area contributed by atoms with Gasteiger partial charge in [-0.1, -0.05) is 36.1 Å². The predicted octanol–water partition coefficient (Wildman–Crippen LogP) is 3.09. The highest BCUT2D eigenvalue weighted by molar-refractivity contribution is 14.1. The van der Waals surface area contributed by atoms with Crippen molar-refractivity contribution in [3.63, 3.8) is 0 Å². The van der Waals surface area contributed by atoms with E-state index in [-0.39, 0.29) is 17.8 Å². The molecule has 2 aliphatic rings. The smallest absolute Gasteiger partial charge is 0.106 e. The van der Waals surface area contributed by atoms with Gasteiger partial charge < -0.3 is 14.6 Å². The van der Waals surface area contributed by atoms with Crippen molar-refractivity contribution < 1.29 is 14.6 Å². The van der Waals surface area contributed by atoms with Crippen molar-refractivity contribution in [2.45, 2.75) is 63.4 Å². The molecule has 4 heteroatoms. The maximum Gasteiger partial charge on any atom is 0.106 e. The van der Waals surface area contributed by atoms with Crippen LogP contribution in [-0.4, -0.2) is 40.1 Å². The van der Waals surface area contributed by atoms with E-state index in [9.17, 15) is 5.11 Å². The molecule has 0 aromatic heterocycles. The zero-order valence-corrected chi connectivity index (χ0v) is 14.1. The molecule has 0 bridgehead atoms. The zero-order chi connectivity index (χ0) is 14.0. The molecule has 0 aromatic carbocycles. The van der Waals surface area contributed by atoms with Crippen molar-refractivity contribution in [2.24, 2.45) is 5.92 Å². The van der Waals surface area contributed by atoms with Crippen LogP contribution in [-0.2, 0) is 9.47 Å². The van der Waals surface area contributed by atoms with Gasteiger partial charge in [-0.15, -0.1) is 0 Å². The normalized spacial score (nSPS) is 37.7. The van der Waals surface area contributed by atoms with Gasteiger partial charge in [0.05, 0.1) is 18.3 Å². The number of fused-ring (bicyclic) bond motifs is 1. The molecule has 2 saturated heterocycles. The fourth-order valence-electron chi connectivity index (χ4n) is 3.20. The van der Waals surface area contributed by atoms with E-state index in [0.717, 1.165) is 42.3 Å². The highest BCUT2D eigenvalue weighted by atomic mass is 127. The Balaban J connectivity index is 1.94. The maximum atomic E-state index is 9.61. The van der Waals surface area contributed by atoms with Crippen LogP contribution in [0.1, 0.15) is 39.5 Å². The van der Waals surface area contributed by atoms with E-state index in [0.29, 0.717) is 5.92 Å². The van der Waals surface area contributed by atoms with Gasteiger partial charge in [-0.2, -0.15) is 0 Å². The second-order valence-electron chi connectivity index (χ2n) is 6.01. The van der Waals surface area contributed by atoms with Crippen LogP contribution in [0.2, 0.25) is 0 Å². The van der Waals surface area contributed by atoms with Crippen LogP contribution in [0.25, 0.3) is 0 Å². The second-order valence-corrected chi connectivity index (χ2v) is 6.78. The van der Waals surface area contributed by atoms with Crippen molar-refractivity contribution in [3.05, 3.63) is 12.2 Å². The van der Waals surface area contributed by atoms with E-state index in [1.165, 1.54) is 0 Å². The molecule has 0 radical (unpaired) electrons. The number of halogens is 1. The molecule has 2 fully saturated rings. The average molecular weight is 380 g/mol. The Labute approximate surface area is 129 Å². The van der Waals surface area contributed by atoms with Gasteiger partial charge in [0, 0.05) is 17.5 Å². The van der Waals surface area contributed by atoms with E-state index < -0.39 is 6.10 Å². The van der Waals surface area contributed by atoms with Crippen LogP contribution < -0.4 is 0 Å². The van der Waals surface area contributed by atoms with Crippen molar-refractivity contribution >= 4 is 22.6 Å².